The molecule has 3 N–H and O–H groups in total. The first-order valence-corrected chi connectivity index (χ1v) is 6.02. The second kappa shape index (κ2) is 6.12. The highest BCUT2D eigenvalue weighted by molar-refractivity contribution is 5.99. The van der Waals surface area contributed by atoms with Gasteiger partial charge in [-0.15, -0.1) is 0 Å². The number of anilines is 1. The fourth-order valence-electron chi connectivity index (χ4n) is 1.81. The molecule has 0 radical (unpaired) electrons. The van der Waals surface area contributed by atoms with Crippen LogP contribution in [0.3, 0.4) is 0 Å². The van der Waals surface area contributed by atoms with Gasteiger partial charge in [-0.1, -0.05) is 13.8 Å². The minimum atomic E-state index is -0.610. The van der Waals surface area contributed by atoms with Gasteiger partial charge in [-0.2, -0.15) is 0 Å². The quantitative estimate of drug-likeness (QED) is 0.622. The summed E-state index contributed by atoms with van der Waals surface area (Å²) in [4.78, 5) is 25.7. The largest absolute Gasteiger partial charge is 0.383 e. The van der Waals surface area contributed by atoms with Crippen molar-refractivity contribution < 1.29 is 9.72 Å². The highest BCUT2D eigenvalue weighted by atomic mass is 16.6. The maximum absolute atomic E-state index is 12.0. The lowest BCUT2D eigenvalue weighted by Gasteiger charge is -2.16. The van der Waals surface area contributed by atoms with Crippen molar-refractivity contribution in [1.82, 2.24) is 10.3 Å². The van der Waals surface area contributed by atoms with Crippen LogP contribution in [-0.4, -0.2) is 21.9 Å². The topological polar surface area (TPSA) is 111 Å². The number of hydrogen-bond donors (Lipinski definition) is 2. The van der Waals surface area contributed by atoms with Crippen molar-refractivity contribution in [3.8, 4) is 0 Å². The Morgan fingerprint density at radius 3 is 2.68 bits per heavy atom. The molecule has 1 atom stereocenters. The molecular weight excluding hydrogens is 248 g/mol. The fourth-order valence-corrected chi connectivity index (χ4v) is 1.81. The summed E-state index contributed by atoms with van der Waals surface area (Å²) in [6.45, 7) is 5.97. The number of carbonyl (C=O) groups is 1. The van der Waals surface area contributed by atoms with Gasteiger partial charge in [0.15, 0.2) is 0 Å². The Hall–Kier alpha value is -2.18. The molecule has 0 bridgehead atoms. The number of rotatable bonds is 5. The number of nitrogen functional groups attached to an aromatic ring is 1. The summed E-state index contributed by atoms with van der Waals surface area (Å²) in [7, 11) is 0. The molecule has 0 aliphatic rings. The predicted octanol–water partition coefficient (Wildman–Crippen LogP) is 1.74. The molecule has 19 heavy (non-hydrogen) atoms. The van der Waals surface area contributed by atoms with Gasteiger partial charge in [-0.05, 0) is 19.3 Å². The van der Waals surface area contributed by atoms with Gasteiger partial charge in [0, 0.05) is 12.1 Å². The average molecular weight is 266 g/mol. The lowest BCUT2D eigenvalue weighted by atomic mass is 10.0. The molecule has 0 aromatic carbocycles. The number of nitrogens with zero attached hydrogens (tertiary/aromatic N) is 2. The van der Waals surface area contributed by atoms with Crippen LogP contribution in [0, 0.1) is 16.0 Å². The number of nitro groups is 1. The van der Waals surface area contributed by atoms with Crippen LogP contribution in [0.15, 0.2) is 12.3 Å². The number of aromatic nitrogens is 1. The van der Waals surface area contributed by atoms with Crippen molar-refractivity contribution in [2.75, 3.05) is 5.73 Å². The van der Waals surface area contributed by atoms with Crippen molar-refractivity contribution >= 4 is 17.4 Å². The Kier molecular flexibility index (Phi) is 4.80. The van der Waals surface area contributed by atoms with Crippen molar-refractivity contribution in [2.24, 2.45) is 5.92 Å². The first kappa shape index (κ1) is 14.9. The third kappa shape index (κ3) is 4.20. The molecule has 1 unspecified atom stereocenters. The number of carbonyl (C=O) groups excluding carboxylic acids is 1. The van der Waals surface area contributed by atoms with E-state index in [1.807, 2.05) is 20.8 Å². The summed E-state index contributed by atoms with van der Waals surface area (Å²) >= 11 is 0. The molecule has 7 nitrogen and oxygen atoms in total. The Balaban J connectivity index is 2.87. The van der Waals surface area contributed by atoms with Crippen LogP contribution in [0.5, 0.6) is 0 Å². The third-order valence-corrected chi connectivity index (χ3v) is 2.56. The Bertz CT molecular complexity index is 488. The van der Waals surface area contributed by atoms with Crippen molar-refractivity contribution in [3.05, 3.63) is 27.9 Å². The van der Waals surface area contributed by atoms with Crippen LogP contribution in [0.4, 0.5) is 11.5 Å². The van der Waals surface area contributed by atoms with E-state index in [1.54, 1.807) is 0 Å². The molecule has 0 aliphatic heterocycles. The van der Waals surface area contributed by atoms with Gasteiger partial charge in [0.25, 0.3) is 11.6 Å². The van der Waals surface area contributed by atoms with E-state index in [-0.39, 0.29) is 23.1 Å². The molecular formula is C12H18N4O3. The van der Waals surface area contributed by atoms with Crippen molar-refractivity contribution in [3.63, 3.8) is 0 Å². The van der Waals surface area contributed by atoms with E-state index in [1.165, 1.54) is 0 Å². The fraction of sp³-hybridized carbons (Fsp3) is 0.500. The second-order valence-electron chi connectivity index (χ2n) is 4.89. The van der Waals surface area contributed by atoms with E-state index < -0.39 is 10.8 Å². The standard InChI is InChI=1S/C12H18N4O3/c1-7(2)4-8(3)15-12(17)10-5-9(16(18)19)6-14-11(10)13/h5-8H,4H2,1-3H3,(H2,13,14)(H,15,17). The summed E-state index contributed by atoms with van der Waals surface area (Å²) in [5, 5.41) is 13.4. The summed E-state index contributed by atoms with van der Waals surface area (Å²) < 4.78 is 0. The summed E-state index contributed by atoms with van der Waals surface area (Å²) in [5.74, 6) is -0.0161. The van der Waals surface area contributed by atoms with Crippen LogP contribution in [0.1, 0.15) is 37.6 Å². The Morgan fingerprint density at radius 2 is 2.16 bits per heavy atom. The first-order valence-electron chi connectivity index (χ1n) is 6.02. The van der Waals surface area contributed by atoms with Crippen LogP contribution in [0.2, 0.25) is 0 Å². The highest BCUT2D eigenvalue weighted by Crippen LogP contribution is 2.17. The van der Waals surface area contributed by atoms with Gasteiger partial charge in [0.05, 0.1) is 10.5 Å². The van der Waals surface area contributed by atoms with E-state index >= 15 is 0 Å². The maximum atomic E-state index is 12.0. The normalized spacial score (nSPS) is 12.2. The average Bonchev–Trinajstić information content (AvgIpc) is 2.27. The van der Waals surface area contributed by atoms with Gasteiger partial charge in [-0.3, -0.25) is 14.9 Å². The van der Waals surface area contributed by atoms with Gasteiger partial charge in [0.1, 0.15) is 12.0 Å². The number of pyridine rings is 1. The zero-order chi connectivity index (χ0) is 14.6. The van der Waals surface area contributed by atoms with Crippen molar-refractivity contribution in [2.45, 2.75) is 33.2 Å². The molecule has 1 aromatic rings. The SMILES string of the molecule is CC(C)CC(C)NC(=O)c1cc([N+](=O)[O-])cnc1N. The molecule has 0 aliphatic carbocycles. The molecule has 0 fully saturated rings. The third-order valence-electron chi connectivity index (χ3n) is 2.56. The van der Waals surface area contributed by atoms with Gasteiger partial charge >= 0.3 is 0 Å². The molecule has 7 heteroatoms. The molecule has 1 heterocycles. The minimum absolute atomic E-state index is 0.0140. The van der Waals surface area contributed by atoms with E-state index in [2.05, 4.69) is 10.3 Å². The number of nitrogens with two attached hydrogens (primary N) is 1. The number of amides is 1. The van der Waals surface area contributed by atoms with E-state index in [4.69, 9.17) is 5.73 Å². The van der Waals surface area contributed by atoms with E-state index in [9.17, 15) is 14.9 Å². The smallest absolute Gasteiger partial charge is 0.288 e. The molecule has 1 amide bonds. The van der Waals surface area contributed by atoms with Gasteiger partial charge in [0.2, 0.25) is 0 Å². The molecule has 1 aromatic heterocycles. The van der Waals surface area contributed by atoms with Crippen LogP contribution in [0.25, 0.3) is 0 Å². The second-order valence-corrected chi connectivity index (χ2v) is 4.89. The van der Waals surface area contributed by atoms with E-state index in [0.29, 0.717) is 5.92 Å². The Morgan fingerprint density at radius 1 is 1.53 bits per heavy atom. The van der Waals surface area contributed by atoms with Crippen LogP contribution >= 0.6 is 0 Å². The minimum Gasteiger partial charge on any atom is -0.383 e. The van der Waals surface area contributed by atoms with Crippen molar-refractivity contribution in [1.29, 1.82) is 0 Å². The lowest BCUT2D eigenvalue weighted by Crippen LogP contribution is -2.34. The molecule has 104 valence electrons. The summed E-state index contributed by atoms with van der Waals surface area (Å²) in [5.41, 5.74) is 5.35. The van der Waals surface area contributed by atoms with Crippen LogP contribution in [-0.2, 0) is 0 Å². The zero-order valence-electron chi connectivity index (χ0n) is 11.2. The monoisotopic (exact) mass is 266 g/mol. The molecule has 0 saturated carbocycles. The highest BCUT2D eigenvalue weighted by Gasteiger charge is 2.18. The summed E-state index contributed by atoms with van der Waals surface area (Å²) in [6.07, 6.45) is 1.84. The zero-order valence-corrected chi connectivity index (χ0v) is 11.2. The molecule has 1 rings (SSSR count). The molecule has 0 saturated heterocycles. The van der Waals surface area contributed by atoms with Gasteiger partial charge in [-0.25, -0.2) is 4.98 Å². The number of hydrogen-bond acceptors (Lipinski definition) is 5. The lowest BCUT2D eigenvalue weighted by molar-refractivity contribution is -0.385. The van der Waals surface area contributed by atoms with Gasteiger partial charge < -0.3 is 11.1 Å². The first-order chi connectivity index (χ1) is 8.81. The summed E-state index contributed by atoms with van der Waals surface area (Å²) in [6, 6.07) is 1.10. The number of nitrogens with one attached hydrogen (secondary N) is 1. The Labute approximate surface area is 111 Å². The van der Waals surface area contributed by atoms with Crippen LogP contribution < -0.4 is 11.1 Å². The van der Waals surface area contributed by atoms with E-state index in [0.717, 1.165) is 18.7 Å². The molecule has 0 spiro atoms. The predicted molar refractivity (Wildman–Crippen MR) is 71.7 cm³/mol. The maximum Gasteiger partial charge on any atom is 0.288 e.